The van der Waals surface area contributed by atoms with E-state index in [-0.39, 0.29) is 0 Å². The van der Waals surface area contributed by atoms with Gasteiger partial charge in [-0.1, -0.05) is 199 Å². The summed E-state index contributed by atoms with van der Waals surface area (Å²) in [7, 11) is -1.34. The van der Waals surface area contributed by atoms with Gasteiger partial charge in [-0.15, -0.1) is 0 Å². The highest BCUT2D eigenvalue weighted by molar-refractivity contribution is 7.33. The molecule has 0 fully saturated rings. The number of carbonyl (C=O) groups excluding carboxylic acids is 1. The third kappa shape index (κ3) is 38.2. The van der Waals surface area contributed by atoms with Gasteiger partial charge in [-0.3, -0.25) is 0 Å². The van der Waals surface area contributed by atoms with E-state index in [4.69, 9.17) is 22.2 Å². The van der Waals surface area contributed by atoms with E-state index in [0.717, 1.165) is 12.5 Å². The highest BCUT2D eigenvalue weighted by atomic mass is 35.7. The van der Waals surface area contributed by atoms with Gasteiger partial charge in [0.25, 0.3) is 0 Å². The van der Waals surface area contributed by atoms with Gasteiger partial charge in [0.05, 0.1) is 6.54 Å². The number of hydrogen-bond acceptors (Lipinski definition) is 2. The minimum absolute atomic E-state index is 0.667. The summed E-state index contributed by atoms with van der Waals surface area (Å²) in [5, 5.41) is 0. The van der Waals surface area contributed by atoms with Gasteiger partial charge >= 0.3 is 0 Å². The molecule has 0 atom stereocenters. The lowest BCUT2D eigenvalue weighted by molar-refractivity contribution is 0.512. The summed E-state index contributed by atoms with van der Waals surface area (Å²) in [5.74, 6) is 0. The molecule has 40 heavy (non-hydrogen) atoms. The van der Waals surface area contributed by atoms with Crippen LogP contribution in [0, 0.1) is 0 Å². The van der Waals surface area contributed by atoms with Crippen LogP contribution >= 0.6 is 22.2 Å². The summed E-state index contributed by atoms with van der Waals surface area (Å²) in [6.07, 6.45) is 46.7. The van der Waals surface area contributed by atoms with Crippen molar-refractivity contribution in [1.29, 1.82) is 0 Å². The van der Waals surface area contributed by atoms with Crippen LogP contribution in [-0.2, 0) is 4.79 Å². The number of hydrogen-bond donors (Lipinski definition) is 0. The summed E-state index contributed by atoms with van der Waals surface area (Å²) < 4.78 is 0. The van der Waals surface area contributed by atoms with Crippen molar-refractivity contribution in [3.05, 3.63) is 0 Å². The zero-order valence-electron chi connectivity index (χ0n) is 26.7. The Bertz CT molecular complexity index is 514. The Morgan fingerprint density at radius 1 is 0.350 bits per heavy atom. The molecule has 5 heteroatoms. The predicted molar refractivity (Wildman–Crippen MR) is 184 cm³/mol. The van der Waals surface area contributed by atoms with Gasteiger partial charge in [-0.2, -0.15) is 22.2 Å². The maximum atomic E-state index is 9.99. The summed E-state index contributed by atoms with van der Waals surface area (Å²) >= 11 is 11.8. The van der Waals surface area contributed by atoms with E-state index in [0.29, 0.717) is 6.54 Å². The van der Waals surface area contributed by atoms with Crippen LogP contribution in [0.4, 0.5) is 0 Å². The lowest BCUT2D eigenvalue weighted by Gasteiger charge is -2.05. The van der Waals surface area contributed by atoms with Gasteiger partial charge in [0.15, 0.2) is 0 Å². The highest BCUT2D eigenvalue weighted by Crippen LogP contribution is 2.17. The molecule has 0 aliphatic heterocycles. The SMILES string of the molecule is O=C=NCCCCCCCCCCCCCCCCCCCCCCCCCCCCCCCCCC[SiH](Cl)Cl. The third-order valence-electron chi connectivity index (χ3n) is 8.51. The zero-order chi connectivity index (χ0) is 29.0. The second kappa shape index (κ2) is 37.2. The molecule has 0 aliphatic carbocycles. The van der Waals surface area contributed by atoms with Crippen LogP contribution in [0.1, 0.15) is 205 Å². The predicted octanol–water partition coefficient (Wildman–Crippen LogP) is 13.5. The largest absolute Gasteiger partial charge is 0.237 e. The number of halogens is 2. The van der Waals surface area contributed by atoms with Crippen LogP contribution in [0.2, 0.25) is 6.04 Å². The first-order valence-corrected chi connectivity index (χ1v) is 22.4. The van der Waals surface area contributed by atoms with E-state index >= 15 is 0 Å². The maximum Gasteiger partial charge on any atom is 0.237 e. The summed E-state index contributed by atoms with van der Waals surface area (Å²) in [4.78, 5) is 13.6. The van der Waals surface area contributed by atoms with Crippen molar-refractivity contribution in [2.24, 2.45) is 4.99 Å². The molecule has 0 N–H and O–H groups in total. The minimum Gasteiger partial charge on any atom is -0.211 e. The van der Waals surface area contributed by atoms with Crippen LogP contribution in [-0.4, -0.2) is 20.0 Å². The second-order valence-corrected chi connectivity index (χ2v) is 17.7. The molecular formula is C35H69Cl2NOSi. The number of aliphatic imine (C=N–C) groups is 1. The second-order valence-electron chi connectivity index (χ2n) is 12.5. The Morgan fingerprint density at radius 2 is 0.550 bits per heavy atom. The van der Waals surface area contributed by atoms with E-state index in [1.54, 1.807) is 6.08 Å². The van der Waals surface area contributed by atoms with Crippen LogP contribution < -0.4 is 0 Å². The topological polar surface area (TPSA) is 29.4 Å². The maximum absolute atomic E-state index is 9.99. The lowest BCUT2D eigenvalue weighted by atomic mass is 10.0. The molecule has 0 aromatic heterocycles. The zero-order valence-corrected chi connectivity index (χ0v) is 29.4. The van der Waals surface area contributed by atoms with E-state index < -0.39 is 7.42 Å². The number of isocyanates is 1. The van der Waals surface area contributed by atoms with Crippen molar-refractivity contribution < 1.29 is 4.79 Å². The van der Waals surface area contributed by atoms with Gasteiger partial charge in [0.2, 0.25) is 13.5 Å². The standard InChI is InChI=1S/C35H69Cl2NOSi/c36-40(37)34-32-30-28-26-24-22-20-18-16-14-12-10-8-6-4-2-1-3-5-7-9-11-13-15-17-19-21-23-25-27-29-31-33-38-35-39/h40H,1-34H2. The van der Waals surface area contributed by atoms with Crippen molar-refractivity contribution in [3.8, 4) is 0 Å². The van der Waals surface area contributed by atoms with Gasteiger partial charge in [-0.05, 0) is 12.5 Å². The van der Waals surface area contributed by atoms with E-state index in [1.165, 1.54) is 199 Å². The van der Waals surface area contributed by atoms with Crippen LogP contribution in [0.15, 0.2) is 4.99 Å². The first kappa shape index (κ1) is 40.2. The third-order valence-corrected chi connectivity index (χ3v) is 10.7. The van der Waals surface area contributed by atoms with E-state index in [2.05, 4.69) is 4.99 Å². The monoisotopic (exact) mass is 617 g/mol. The number of unbranched alkanes of at least 4 members (excludes halogenated alkanes) is 31. The average molecular weight is 619 g/mol. The molecule has 0 aromatic carbocycles. The molecule has 0 saturated carbocycles. The molecule has 0 spiro atoms. The summed E-state index contributed by atoms with van der Waals surface area (Å²) in [6, 6.07) is 1.09. The number of rotatable bonds is 35. The molecule has 0 bridgehead atoms. The van der Waals surface area contributed by atoms with E-state index in [1.807, 2.05) is 0 Å². The Labute approximate surface area is 262 Å². The van der Waals surface area contributed by atoms with Crippen LogP contribution in [0.5, 0.6) is 0 Å². The first-order valence-electron chi connectivity index (χ1n) is 18.1. The number of nitrogens with zero attached hydrogens (tertiary/aromatic N) is 1. The Kier molecular flexibility index (Phi) is 37.4. The molecule has 2 nitrogen and oxygen atoms in total. The van der Waals surface area contributed by atoms with Crippen molar-refractivity contribution in [2.45, 2.75) is 212 Å². The Morgan fingerprint density at radius 3 is 0.750 bits per heavy atom. The average Bonchev–Trinajstić information content (AvgIpc) is 2.95. The molecule has 238 valence electrons. The molecule has 0 unspecified atom stereocenters. The fourth-order valence-electron chi connectivity index (χ4n) is 5.84. The smallest absolute Gasteiger partial charge is 0.211 e. The summed E-state index contributed by atoms with van der Waals surface area (Å²) in [6.45, 7) is 0.667. The minimum atomic E-state index is -1.34. The van der Waals surface area contributed by atoms with Crippen molar-refractivity contribution in [3.63, 3.8) is 0 Å². The van der Waals surface area contributed by atoms with Crippen LogP contribution in [0.3, 0.4) is 0 Å². The molecule has 0 aliphatic rings. The van der Waals surface area contributed by atoms with E-state index in [9.17, 15) is 4.79 Å². The Balaban J connectivity index is 3.04. The molecule has 0 aromatic rings. The highest BCUT2D eigenvalue weighted by Gasteiger charge is 2.01. The summed E-state index contributed by atoms with van der Waals surface area (Å²) in [5.41, 5.74) is 0. The van der Waals surface area contributed by atoms with Gasteiger partial charge < -0.3 is 0 Å². The van der Waals surface area contributed by atoms with Gasteiger partial charge in [-0.25, -0.2) is 9.79 Å². The molecule has 0 saturated heterocycles. The fraction of sp³-hybridized carbons (Fsp3) is 0.971. The van der Waals surface area contributed by atoms with Gasteiger partial charge in [0.1, 0.15) is 0 Å². The molecule has 0 radical (unpaired) electrons. The molecule has 0 rings (SSSR count). The van der Waals surface area contributed by atoms with Crippen molar-refractivity contribution in [1.82, 2.24) is 0 Å². The molecule has 0 heterocycles. The van der Waals surface area contributed by atoms with Crippen molar-refractivity contribution >= 4 is 35.7 Å². The van der Waals surface area contributed by atoms with Gasteiger partial charge in [0, 0.05) is 0 Å². The van der Waals surface area contributed by atoms with Crippen molar-refractivity contribution in [2.75, 3.05) is 6.54 Å². The Hall–Kier alpha value is 0.177. The lowest BCUT2D eigenvalue weighted by Crippen LogP contribution is -1.91. The fourth-order valence-corrected chi connectivity index (χ4v) is 7.36. The quantitative estimate of drug-likeness (QED) is 0.0228. The first-order chi connectivity index (χ1) is 19.8. The molecule has 0 amide bonds. The molecular weight excluding hydrogens is 549 g/mol. The van der Waals surface area contributed by atoms with Crippen LogP contribution in [0.25, 0.3) is 0 Å². The normalized spacial score (nSPS) is 11.4.